The maximum atomic E-state index is 11.4. The Labute approximate surface area is 429 Å². The number of benzene rings is 2. The molecular formula is C60H106N2O8. The molecule has 2 rings (SSSR count). The highest BCUT2D eigenvalue weighted by molar-refractivity contribution is 5.62. The van der Waals surface area contributed by atoms with Crippen molar-refractivity contribution in [3.63, 3.8) is 0 Å². The van der Waals surface area contributed by atoms with Crippen molar-refractivity contribution in [2.75, 3.05) is 26.4 Å². The summed E-state index contributed by atoms with van der Waals surface area (Å²) in [6, 6.07) is 10.5. The van der Waals surface area contributed by atoms with Gasteiger partial charge >= 0.3 is 11.4 Å². The molecule has 0 aliphatic carbocycles. The van der Waals surface area contributed by atoms with Crippen molar-refractivity contribution in [1.29, 1.82) is 0 Å². The van der Waals surface area contributed by atoms with Crippen molar-refractivity contribution in [1.82, 2.24) is 0 Å². The lowest BCUT2D eigenvalue weighted by Crippen LogP contribution is -2.05. The number of nitrogens with zero attached hydrogens (tertiary/aromatic N) is 2. The minimum atomic E-state index is -0.739. The third-order valence-electron chi connectivity index (χ3n) is 13.3. The van der Waals surface area contributed by atoms with Crippen LogP contribution >= 0.6 is 0 Å². The summed E-state index contributed by atoms with van der Waals surface area (Å²) in [5.74, 6) is 2.25. The largest absolute Gasteiger partial charge is 0.490 e. The van der Waals surface area contributed by atoms with Gasteiger partial charge in [-0.1, -0.05) is 271 Å². The van der Waals surface area contributed by atoms with Gasteiger partial charge in [-0.25, -0.2) is 0 Å². The van der Waals surface area contributed by atoms with Crippen molar-refractivity contribution in [2.24, 2.45) is 0 Å². The van der Waals surface area contributed by atoms with Gasteiger partial charge in [-0.15, -0.1) is 0 Å². The minimum absolute atomic E-state index is 0.213. The first-order valence-electron chi connectivity index (χ1n) is 29.5. The number of ether oxygens (including phenoxy) is 4. The molecule has 404 valence electrons. The number of unbranched alkanes of at least 4 members (excludes halogenated alkanes) is 36. The van der Waals surface area contributed by atoms with Gasteiger partial charge in [-0.2, -0.15) is 0 Å². The van der Waals surface area contributed by atoms with Gasteiger partial charge in [-0.05, 0) is 37.8 Å². The Morgan fingerprint density at radius 1 is 0.300 bits per heavy atom. The maximum absolute atomic E-state index is 11.4. The molecule has 70 heavy (non-hydrogen) atoms. The zero-order valence-corrected chi connectivity index (χ0v) is 45.7. The van der Waals surface area contributed by atoms with Crippen LogP contribution in [0.3, 0.4) is 0 Å². The average molecular weight is 984 g/mol. The molecule has 0 aliphatic rings. The number of para-hydroxylation sites is 2. The van der Waals surface area contributed by atoms with E-state index in [1.807, 2.05) is 24.3 Å². The lowest BCUT2D eigenvalue weighted by atomic mass is 10.1. The lowest BCUT2D eigenvalue weighted by Gasteiger charge is -2.13. The summed E-state index contributed by atoms with van der Waals surface area (Å²) in [5, 5.41) is 22.8. The first-order chi connectivity index (χ1) is 34.4. The maximum Gasteiger partial charge on any atom is 0.350 e. The molecule has 0 aromatic heterocycles. The number of hydrogen-bond acceptors (Lipinski definition) is 8. The van der Waals surface area contributed by atoms with E-state index < -0.39 is 21.2 Å². The second kappa shape index (κ2) is 49.0. The summed E-state index contributed by atoms with van der Waals surface area (Å²) in [6.45, 7) is 11.4. The van der Waals surface area contributed by atoms with E-state index in [4.69, 9.17) is 18.9 Å². The summed E-state index contributed by atoms with van der Waals surface area (Å²) < 4.78 is 23.7. The van der Waals surface area contributed by atoms with Crippen LogP contribution < -0.4 is 18.9 Å². The highest BCUT2D eigenvalue weighted by atomic mass is 16.6. The Morgan fingerprint density at radius 3 is 0.686 bits per heavy atom. The van der Waals surface area contributed by atoms with Crippen molar-refractivity contribution in [3.05, 3.63) is 56.6 Å². The van der Waals surface area contributed by atoms with E-state index in [1.165, 1.54) is 205 Å². The molecule has 0 radical (unpaired) electrons. The van der Waals surface area contributed by atoms with Crippen LogP contribution in [-0.2, 0) is 0 Å². The van der Waals surface area contributed by atoms with E-state index in [2.05, 4.69) is 27.7 Å². The Hall–Kier alpha value is -3.56. The van der Waals surface area contributed by atoms with Crippen molar-refractivity contribution >= 4 is 11.4 Å². The fraction of sp³-hybridized carbons (Fsp3) is 0.800. The highest BCUT2D eigenvalue weighted by Crippen LogP contribution is 2.39. The van der Waals surface area contributed by atoms with Crippen LogP contribution in [-0.4, -0.2) is 36.3 Å². The van der Waals surface area contributed by atoms with E-state index in [0.29, 0.717) is 13.2 Å². The molecular weight excluding hydrogens is 877 g/mol. The van der Waals surface area contributed by atoms with Crippen LogP contribution in [0.2, 0.25) is 0 Å². The fourth-order valence-corrected chi connectivity index (χ4v) is 8.83. The number of nitro groups is 2. The molecule has 0 amide bonds. The van der Waals surface area contributed by atoms with Gasteiger partial charge in [0.05, 0.1) is 48.4 Å². The molecule has 0 unspecified atom stereocenters. The van der Waals surface area contributed by atoms with Crippen molar-refractivity contribution in [3.8, 4) is 23.0 Å². The van der Waals surface area contributed by atoms with Gasteiger partial charge in [0, 0.05) is 0 Å². The van der Waals surface area contributed by atoms with Gasteiger partial charge in [0.25, 0.3) is 0 Å². The molecule has 0 N–H and O–H groups in total. The summed E-state index contributed by atoms with van der Waals surface area (Å²) in [6.07, 6.45) is 51.1. The van der Waals surface area contributed by atoms with E-state index in [1.54, 1.807) is 0 Å². The smallest absolute Gasteiger partial charge is 0.350 e. The second-order valence-electron chi connectivity index (χ2n) is 19.9. The fourth-order valence-electron chi connectivity index (χ4n) is 8.83. The third-order valence-corrected chi connectivity index (χ3v) is 13.3. The Kier molecular flexibility index (Phi) is 45.2. The molecule has 0 bridgehead atoms. The molecule has 0 fully saturated rings. The van der Waals surface area contributed by atoms with Crippen LogP contribution in [0.25, 0.3) is 0 Å². The van der Waals surface area contributed by atoms with Crippen LogP contribution in [0.4, 0.5) is 11.4 Å². The monoisotopic (exact) mass is 983 g/mol. The molecule has 2 aromatic rings. The molecule has 2 aromatic carbocycles. The quantitative estimate of drug-likeness (QED) is 0.0365. The highest BCUT2D eigenvalue weighted by Gasteiger charge is 2.28. The molecule has 0 spiro atoms. The third kappa shape index (κ3) is 37.3. The van der Waals surface area contributed by atoms with Crippen molar-refractivity contribution < 1.29 is 28.8 Å². The summed E-state index contributed by atoms with van der Waals surface area (Å²) >= 11 is 0. The van der Waals surface area contributed by atoms with E-state index >= 15 is 0 Å². The standard InChI is InChI=1S/C30H52N2O6.C30H54O2/c1-3-5-7-9-11-13-15-17-19-21-23-37-29-25-27(31(33)34)28(32(35)36)26-30(29)38-24-22-20-18-16-14-12-10-8-6-4-2;1-3-5-7-9-11-13-15-17-19-23-27-31-29-25-21-22-26-30(29)32-28-24-20-18-16-14-12-10-8-6-4-2/h25-26H,3-24H2,1-2H3;21-22,25-26H,3-20,23-24,27-28H2,1-2H3. The van der Waals surface area contributed by atoms with E-state index in [-0.39, 0.29) is 11.5 Å². The number of nitro benzene ring substituents is 2. The van der Waals surface area contributed by atoms with Gasteiger partial charge in [0.1, 0.15) is 0 Å². The molecule has 0 heterocycles. The molecule has 10 heteroatoms. The van der Waals surface area contributed by atoms with Gasteiger partial charge in [0.2, 0.25) is 0 Å². The van der Waals surface area contributed by atoms with Crippen LogP contribution in [0.15, 0.2) is 36.4 Å². The second-order valence-corrected chi connectivity index (χ2v) is 19.9. The van der Waals surface area contributed by atoms with Gasteiger partial charge in [0.15, 0.2) is 23.0 Å². The minimum Gasteiger partial charge on any atom is -0.490 e. The van der Waals surface area contributed by atoms with Crippen LogP contribution in [0, 0.1) is 20.2 Å². The predicted octanol–water partition coefficient (Wildman–Crippen LogP) is 20.4. The predicted molar refractivity (Wildman–Crippen MR) is 296 cm³/mol. The zero-order chi connectivity index (χ0) is 50.8. The first-order valence-corrected chi connectivity index (χ1v) is 29.5. The topological polar surface area (TPSA) is 123 Å². The van der Waals surface area contributed by atoms with Gasteiger partial charge in [-0.3, -0.25) is 20.2 Å². The molecule has 0 saturated carbocycles. The van der Waals surface area contributed by atoms with Gasteiger partial charge < -0.3 is 18.9 Å². The summed E-state index contributed by atoms with van der Waals surface area (Å²) in [4.78, 5) is 21.3. The molecule has 0 atom stereocenters. The Morgan fingerprint density at radius 2 is 0.486 bits per heavy atom. The first kappa shape index (κ1) is 64.5. The Balaban J connectivity index is 0.000000710. The average Bonchev–Trinajstić information content (AvgIpc) is 3.36. The van der Waals surface area contributed by atoms with Crippen LogP contribution in [0.1, 0.15) is 285 Å². The molecule has 0 aliphatic heterocycles. The summed E-state index contributed by atoms with van der Waals surface area (Å²) in [5.41, 5.74) is -1.14. The van der Waals surface area contributed by atoms with Crippen LogP contribution in [0.5, 0.6) is 23.0 Å². The SMILES string of the molecule is CCCCCCCCCCCCOc1cc([N+](=O)[O-])c([N+](=O)[O-])cc1OCCCCCCCCCCCC.CCCCCCCCCCCCOc1ccccc1OCCCCCCCCCCCC. The molecule has 0 saturated heterocycles. The van der Waals surface area contributed by atoms with E-state index in [9.17, 15) is 20.2 Å². The summed E-state index contributed by atoms with van der Waals surface area (Å²) in [7, 11) is 0. The normalized spacial score (nSPS) is 11.0. The van der Waals surface area contributed by atoms with Crippen molar-refractivity contribution in [2.45, 2.75) is 285 Å². The Bertz CT molecular complexity index is 1380. The zero-order valence-electron chi connectivity index (χ0n) is 45.7. The van der Waals surface area contributed by atoms with E-state index in [0.717, 1.165) is 88.2 Å². The molecule has 10 nitrogen and oxygen atoms in total. The number of hydrogen-bond donors (Lipinski definition) is 0. The number of rotatable bonds is 50. The lowest BCUT2D eigenvalue weighted by molar-refractivity contribution is -0.422.